The third kappa shape index (κ3) is 12.1. The lowest BCUT2D eigenvalue weighted by Gasteiger charge is -2.21. The van der Waals surface area contributed by atoms with Crippen LogP contribution in [0.2, 0.25) is 0 Å². The SMILES string of the molecule is COCCN(CCC(N)=S)CC(=O)NCCC(C)C. The third-order valence-corrected chi connectivity index (χ3v) is 2.90. The highest BCUT2D eigenvalue weighted by molar-refractivity contribution is 7.80. The Kier molecular flexibility index (Phi) is 10.7. The normalized spacial score (nSPS) is 11.0. The molecule has 0 aliphatic rings. The van der Waals surface area contributed by atoms with Crippen molar-refractivity contribution in [3.63, 3.8) is 0 Å². The molecule has 0 heterocycles. The minimum Gasteiger partial charge on any atom is -0.393 e. The molecule has 0 saturated carbocycles. The van der Waals surface area contributed by atoms with E-state index in [4.69, 9.17) is 22.7 Å². The lowest BCUT2D eigenvalue weighted by molar-refractivity contribution is -0.122. The summed E-state index contributed by atoms with van der Waals surface area (Å²) in [6.45, 7) is 7.36. The molecule has 19 heavy (non-hydrogen) atoms. The van der Waals surface area contributed by atoms with E-state index in [1.54, 1.807) is 7.11 Å². The van der Waals surface area contributed by atoms with Crippen LogP contribution >= 0.6 is 12.2 Å². The largest absolute Gasteiger partial charge is 0.393 e. The molecule has 0 aromatic rings. The van der Waals surface area contributed by atoms with Crippen molar-refractivity contribution < 1.29 is 9.53 Å². The molecule has 0 unspecified atom stereocenters. The van der Waals surface area contributed by atoms with Crippen molar-refractivity contribution in [3.8, 4) is 0 Å². The van der Waals surface area contributed by atoms with E-state index in [1.807, 2.05) is 4.90 Å². The molecule has 112 valence electrons. The fraction of sp³-hybridized carbons (Fsp3) is 0.846. The predicted molar refractivity (Wildman–Crippen MR) is 82.2 cm³/mol. The molecule has 0 aliphatic heterocycles. The van der Waals surface area contributed by atoms with E-state index in [-0.39, 0.29) is 5.91 Å². The smallest absolute Gasteiger partial charge is 0.234 e. The fourth-order valence-electron chi connectivity index (χ4n) is 1.52. The second-order valence-corrected chi connectivity index (χ2v) is 5.54. The molecule has 0 spiro atoms. The molecule has 1 amide bonds. The van der Waals surface area contributed by atoms with E-state index >= 15 is 0 Å². The van der Waals surface area contributed by atoms with Crippen LogP contribution in [-0.2, 0) is 9.53 Å². The van der Waals surface area contributed by atoms with Crippen molar-refractivity contribution in [2.45, 2.75) is 26.7 Å². The first-order chi connectivity index (χ1) is 8.95. The number of nitrogens with two attached hydrogens (primary N) is 1. The molecular weight excluding hydrogens is 262 g/mol. The van der Waals surface area contributed by atoms with Crippen LogP contribution in [0.3, 0.4) is 0 Å². The standard InChI is InChI=1S/C13H27N3O2S/c1-11(2)4-6-15-13(17)10-16(8-9-18-3)7-5-12(14)19/h11H,4-10H2,1-3H3,(H2,14,19)(H,15,17). The zero-order valence-electron chi connectivity index (χ0n) is 12.3. The van der Waals surface area contributed by atoms with Gasteiger partial charge in [-0.25, -0.2) is 0 Å². The number of hydrogen-bond donors (Lipinski definition) is 2. The monoisotopic (exact) mass is 289 g/mol. The molecule has 0 radical (unpaired) electrons. The molecule has 0 saturated heterocycles. The summed E-state index contributed by atoms with van der Waals surface area (Å²) in [7, 11) is 1.65. The number of carbonyl (C=O) groups excluding carboxylic acids is 1. The first kappa shape index (κ1) is 18.3. The van der Waals surface area contributed by atoms with Gasteiger partial charge in [-0.2, -0.15) is 0 Å². The molecular formula is C13H27N3O2S. The summed E-state index contributed by atoms with van der Waals surface area (Å²) in [5, 5.41) is 2.92. The predicted octanol–water partition coefficient (Wildman–Crippen LogP) is 0.773. The Balaban J connectivity index is 3.99. The van der Waals surface area contributed by atoms with Crippen molar-refractivity contribution in [1.82, 2.24) is 10.2 Å². The highest BCUT2D eigenvalue weighted by Crippen LogP contribution is 1.97. The number of hydrogen-bond acceptors (Lipinski definition) is 4. The Morgan fingerprint density at radius 2 is 2.11 bits per heavy atom. The number of nitrogens with one attached hydrogen (secondary N) is 1. The van der Waals surface area contributed by atoms with Gasteiger partial charge in [0.15, 0.2) is 0 Å². The third-order valence-electron chi connectivity index (χ3n) is 2.70. The Hall–Kier alpha value is -0.720. The van der Waals surface area contributed by atoms with E-state index < -0.39 is 0 Å². The second-order valence-electron chi connectivity index (χ2n) is 5.02. The topological polar surface area (TPSA) is 67.6 Å². The van der Waals surface area contributed by atoms with Gasteiger partial charge in [0.2, 0.25) is 5.91 Å². The first-order valence-corrected chi connectivity index (χ1v) is 7.12. The van der Waals surface area contributed by atoms with Gasteiger partial charge in [-0.1, -0.05) is 26.1 Å². The molecule has 0 bridgehead atoms. The maximum Gasteiger partial charge on any atom is 0.234 e. The number of thiocarbonyl (C=S) groups is 1. The van der Waals surface area contributed by atoms with Crippen molar-refractivity contribution >= 4 is 23.1 Å². The molecule has 0 aromatic carbocycles. The lowest BCUT2D eigenvalue weighted by Crippen LogP contribution is -2.40. The van der Waals surface area contributed by atoms with Gasteiger partial charge < -0.3 is 15.8 Å². The average Bonchev–Trinajstić information content (AvgIpc) is 2.32. The van der Waals surface area contributed by atoms with E-state index in [2.05, 4.69) is 19.2 Å². The maximum atomic E-state index is 11.8. The quantitative estimate of drug-likeness (QED) is 0.550. The van der Waals surface area contributed by atoms with Gasteiger partial charge in [0, 0.05) is 33.2 Å². The second kappa shape index (κ2) is 11.1. The van der Waals surface area contributed by atoms with Crippen molar-refractivity contribution in [2.24, 2.45) is 11.7 Å². The zero-order chi connectivity index (χ0) is 14.7. The summed E-state index contributed by atoms with van der Waals surface area (Å²) in [5.74, 6) is 0.638. The van der Waals surface area contributed by atoms with E-state index in [0.29, 0.717) is 43.6 Å². The van der Waals surface area contributed by atoms with Crippen LogP contribution in [-0.4, -0.2) is 55.7 Å². The molecule has 3 N–H and O–H groups in total. The number of nitrogens with zero attached hydrogens (tertiary/aromatic N) is 1. The van der Waals surface area contributed by atoms with Gasteiger partial charge in [-0.15, -0.1) is 0 Å². The van der Waals surface area contributed by atoms with Crippen LogP contribution in [0.1, 0.15) is 26.7 Å². The number of rotatable bonds is 11. The average molecular weight is 289 g/mol. The Labute approximate surface area is 121 Å². The minimum atomic E-state index is 0.0414. The van der Waals surface area contributed by atoms with Gasteiger partial charge in [-0.3, -0.25) is 9.69 Å². The van der Waals surface area contributed by atoms with Crippen LogP contribution in [0.25, 0.3) is 0 Å². The van der Waals surface area contributed by atoms with Gasteiger partial charge in [-0.05, 0) is 12.3 Å². The lowest BCUT2D eigenvalue weighted by atomic mass is 10.1. The van der Waals surface area contributed by atoms with Crippen LogP contribution in [0.4, 0.5) is 0 Å². The summed E-state index contributed by atoms with van der Waals surface area (Å²) in [5.41, 5.74) is 5.49. The molecule has 6 heteroatoms. The molecule has 0 fully saturated rings. The van der Waals surface area contributed by atoms with Crippen LogP contribution in [0.15, 0.2) is 0 Å². The molecule has 5 nitrogen and oxygen atoms in total. The molecule has 0 rings (SSSR count). The number of methoxy groups -OCH3 is 1. The summed E-state index contributed by atoms with van der Waals surface area (Å²) in [6, 6.07) is 0. The minimum absolute atomic E-state index is 0.0414. The highest BCUT2D eigenvalue weighted by atomic mass is 32.1. The van der Waals surface area contributed by atoms with Gasteiger partial charge in [0.25, 0.3) is 0 Å². The summed E-state index contributed by atoms with van der Waals surface area (Å²) < 4.78 is 5.04. The molecule has 0 aromatic heterocycles. The Morgan fingerprint density at radius 1 is 1.42 bits per heavy atom. The van der Waals surface area contributed by atoms with E-state index in [1.165, 1.54) is 0 Å². The number of carbonyl (C=O) groups is 1. The van der Waals surface area contributed by atoms with Gasteiger partial charge in [0.1, 0.15) is 0 Å². The van der Waals surface area contributed by atoms with Crippen molar-refractivity contribution in [1.29, 1.82) is 0 Å². The van der Waals surface area contributed by atoms with Crippen molar-refractivity contribution in [3.05, 3.63) is 0 Å². The summed E-state index contributed by atoms with van der Waals surface area (Å²) in [4.78, 5) is 14.3. The van der Waals surface area contributed by atoms with Crippen LogP contribution in [0, 0.1) is 5.92 Å². The number of ether oxygens (including phenoxy) is 1. The first-order valence-electron chi connectivity index (χ1n) is 6.72. The van der Waals surface area contributed by atoms with E-state index in [0.717, 1.165) is 13.0 Å². The molecule has 0 aliphatic carbocycles. The zero-order valence-corrected chi connectivity index (χ0v) is 13.1. The number of amides is 1. The van der Waals surface area contributed by atoms with Gasteiger partial charge >= 0.3 is 0 Å². The van der Waals surface area contributed by atoms with Crippen molar-refractivity contribution in [2.75, 3.05) is 39.9 Å². The maximum absolute atomic E-state index is 11.8. The van der Waals surface area contributed by atoms with Crippen LogP contribution in [0.5, 0.6) is 0 Å². The Morgan fingerprint density at radius 3 is 2.63 bits per heavy atom. The highest BCUT2D eigenvalue weighted by Gasteiger charge is 2.10. The summed E-state index contributed by atoms with van der Waals surface area (Å²) >= 11 is 4.86. The van der Waals surface area contributed by atoms with Crippen LogP contribution < -0.4 is 11.1 Å². The summed E-state index contributed by atoms with van der Waals surface area (Å²) in [6.07, 6.45) is 1.62. The van der Waals surface area contributed by atoms with Gasteiger partial charge in [0.05, 0.1) is 18.1 Å². The molecule has 0 atom stereocenters. The fourth-order valence-corrected chi connectivity index (χ4v) is 1.61. The Bertz CT molecular complexity index is 273. The van der Waals surface area contributed by atoms with E-state index in [9.17, 15) is 4.79 Å².